The minimum Gasteiger partial charge on any atom is -0.491 e. The zero-order valence-corrected chi connectivity index (χ0v) is 17.6. The van der Waals surface area contributed by atoms with Crippen molar-refractivity contribution < 1.29 is 9.47 Å². The molecule has 1 aromatic rings. The van der Waals surface area contributed by atoms with E-state index in [1.165, 1.54) is 0 Å². The van der Waals surface area contributed by atoms with Crippen molar-refractivity contribution in [3.05, 3.63) is 24.3 Å². The van der Waals surface area contributed by atoms with Crippen LogP contribution in [0.25, 0.3) is 0 Å². The fourth-order valence-corrected chi connectivity index (χ4v) is 2.55. The molecule has 0 spiro atoms. The van der Waals surface area contributed by atoms with Crippen LogP contribution in [-0.2, 0) is 4.74 Å². The van der Waals surface area contributed by atoms with E-state index >= 15 is 0 Å². The number of nitrogens with one attached hydrogen (secondary N) is 1. The first-order chi connectivity index (χ1) is 11.6. The van der Waals surface area contributed by atoms with Crippen molar-refractivity contribution in [1.29, 1.82) is 0 Å². The third-order valence-corrected chi connectivity index (χ3v) is 3.77. The molecule has 0 atom stereocenters. The minimum absolute atomic E-state index is 0. The first-order valence-electron chi connectivity index (χ1n) is 8.77. The maximum atomic E-state index is 5.93. The molecule has 0 bridgehead atoms. The van der Waals surface area contributed by atoms with Crippen molar-refractivity contribution in [3.63, 3.8) is 0 Å². The van der Waals surface area contributed by atoms with Gasteiger partial charge in [0.25, 0.3) is 0 Å². The van der Waals surface area contributed by atoms with Crippen LogP contribution in [0.4, 0.5) is 5.69 Å². The molecule has 1 aliphatic rings. The summed E-state index contributed by atoms with van der Waals surface area (Å²) >= 11 is 0. The summed E-state index contributed by atoms with van der Waals surface area (Å²) in [6, 6.07) is 7.74. The van der Waals surface area contributed by atoms with Gasteiger partial charge in [-0.3, -0.25) is 9.89 Å². The zero-order valence-electron chi connectivity index (χ0n) is 15.2. The van der Waals surface area contributed by atoms with E-state index in [-0.39, 0.29) is 30.1 Å². The highest BCUT2D eigenvalue weighted by atomic mass is 127. The molecule has 0 unspecified atom stereocenters. The predicted molar refractivity (Wildman–Crippen MR) is 114 cm³/mol. The lowest BCUT2D eigenvalue weighted by Gasteiger charge is -2.26. The summed E-state index contributed by atoms with van der Waals surface area (Å²) in [5, 5.41) is 3.11. The van der Waals surface area contributed by atoms with Crippen LogP contribution in [0.3, 0.4) is 0 Å². The Hall–Kier alpha value is -1.06. The van der Waals surface area contributed by atoms with Crippen LogP contribution in [0, 0.1) is 0 Å². The lowest BCUT2D eigenvalue weighted by molar-refractivity contribution is 0.0373. The number of hydrogen-bond acceptors (Lipinski definition) is 4. The summed E-state index contributed by atoms with van der Waals surface area (Å²) in [6.07, 6.45) is 2.35. The standard InChI is InChI=1S/C18H30N4O2.HI/c1-15(2)24-17-7-5-16(6-8-17)21-18(19)20-9-3-4-10-22-11-13-23-14-12-22;/h5-8,15H,3-4,9-14H2,1-2H3,(H3,19,20,21);1H. The van der Waals surface area contributed by atoms with Gasteiger partial charge in [0.05, 0.1) is 19.3 Å². The monoisotopic (exact) mass is 462 g/mol. The maximum absolute atomic E-state index is 5.93. The van der Waals surface area contributed by atoms with Gasteiger partial charge in [0.1, 0.15) is 5.75 Å². The highest BCUT2D eigenvalue weighted by Gasteiger charge is 2.08. The summed E-state index contributed by atoms with van der Waals surface area (Å²) in [5.41, 5.74) is 6.85. The summed E-state index contributed by atoms with van der Waals surface area (Å²) < 4.78 is 11.0. The number of rotatable bonds is 8. The number of unbranched alkanes of at least 4 members (excludes halogenated alkanes) is 1. The average Bonchev–Trinajstić information content (AvgIpc) is 2.57. The van der Waals surface area contributed by atoms with Crippen molar-refractivity contribution in [3.8, 4) is 5.75 Å². The summed E-state index contributed by atoms with van der Waals surface area (Å²) in [4.78, 5) is 6.82. The normalized spacial score (nSPS) is 15.7. The molecule has 0 aromatic heterocycles. The number of nitrogens with zero attached hydrogens (tertiary/aromatic N) is 2. The smallest absolute Gasteiger partial charge is 0.193 e. The fraction of sp³-hybridized carbons (Fsp3) is 0.611. The van der Waals surface area contributed by atoms with Crippen molar-refractivity contribution in [2.24, 2.45) is 10.7 Å². The summed E-state index contributed by atoms with van der Waals surface area (Å²) in [7, 11) is 0. The number of morpholine rings is 1. The van der Waals surface area contributed by atoms with Gasteiger partial charge in [-0.25, -0.2) is 0 Å². The van der Waals surface area contributed by atoms with Crippen molar-refractivity contribution in [2.45, 2.75) is 32.8 Å². The number of anilines is 1. The molecule has 6 nitrogen and oxygen atoms in total. The molecule has 3 N–H and O–H groups in total. The molecule has 1 heterocycles. The first kappa shape index (κ1) is 22.0. The SMILES string of the molecule is CC(C)Oc1ccc(NC(N)=NCCCCN2CCOCC2)cc1.I. The second kappa shape index (κ2) is 12.3. The van der Waals surface area contributed by atoms with E-state index in [0.29, 0.717) is 5.96 Å². The quantitative estimate of drug-likeness (QED) is 0.269. The van der Waals surface area contributed by atoms with E-state index in [0.717, 1.165) is 63.7 Å². The van der Waals surface area contributed by atoms with Crippen LogP contribution in [0.1, 0.15) is 26.7 Å². The summed E-state index contributed by atoms with van der Waals surface area (Å²) in [5.74, 6) is 1.31. The molecule has 142 valence electrons. The highest BCUT2D eigenvalue weighted by Crippen LogP contribution is 2.16. The molecule has 25 heavy (non-hydrogen) atoms. The minimum atomic E-state index is 0. The third kappa shape index (κ3) is 9.27. The lowest BCUT2D eigenvalue weighted by Crippen LogP contribution is -2.36. The van der Waals surface area contributed by atoms with E-state index in [1.807, 2.05) is 38.1 Å². The Kier molecular flexibility index (Phi) is 10.8. The van der Waals surface area contributed by atoms with Gasteiger partial charge in [-0.2, -0.15) is 0 Å². The molecule has 7 heteroatoms. The molecule has 1 saturated heterocycles. The van der Waals surface area contributed by atoms with Crippen molar-refractivity contribution in [2.75, 3.05) is 44.7 Å². The zero-order chi connectivity index (χ0) is 17.2. The Morgan fingerprint density at radius 3 is 2.56 bits per heavy atom. The third-order valence-electron chi connectivity index (χ3n) is 3.77. The Morgan fingerprint density at radius 2 is 1.92 bits per heavy atom. The molecule has 1 aliphatic heterocycles. The van der Waals surface area contributed by atoms with Gasteiger partial charge in [0.2, 0.25) is 0 Å². The first-order valence-corrected chi connectivity index (χ1v) is 8.77. The van der Waals surface area contributed by atoms with Gasteiger partial charge in [-0.15, -0.1) is 24.0 Å². The molecule has 1 fully saturated rings. The number of hydrogen-bond donors (Lipinski definition) is 2. The Labute approximate surface area is 168 Å². The topological polar surface area (TPSA) is 72.1 Å². The molecule has 0 aliphatic carbocycles. The molecule has 0 amide bonds. The van der Waals surface area contributed by atoms with Gasteiger partial charge < -0.3 is 20.5 Å². The van der Waals surface area contributed by atoms with E-state index in [2.05, 4.69) is 15.2 Å². The van der Waals surface area contributed by atoms with Gasteiger partial charge in [0, 0.05) is 25.3 Å². The van der Waals surface area contributed by atoms with Crippen LogP contribution in [0.2, 0.25) is 0 Å². The number of aliphatic imine (C=N–C) groups is 1. The fourth-order valence-electron chi connectivity index (χ4n) is 2.55. The van der Waals surface area contributed by atoms with Crippen LogP contribution in [-0.4, -0.2) is 56.4 Å². The molecule has 0 saturated carbocycles. The number of halogens is 1. The van der Waals surface area contributed by atoms with Crippen LogP contribution in [0.15, 0.2) is 29.3 Å². The van der Waals surface area contributed by atoms with E-state index in [1.54, 1.807) is 0 Å². The maximum Gasteiger partial charge on any atom is 0.193 e. The molecule has 0 radical (unpaired) electrons. The Bertz CT molecular complexity index is 502. The highest BCUT2D eigenvalue weighted by molar-refractivity contribution is 14.0. The van der Waals surface area contributed by atoms with Gasteiger partial charge in [0.15, 0.2) is 5.96 Å². The molecular weight excluding hydrogens is 431 g/mol. The van der Waals surface area contributed by atoms with Gasteiger partial charge >= 0.3 is 0 Å². The van der Waals surface area contributed by atoms with Crippen LogP contribution < -0.4 is 15.8 Å². The number of nitrogens with two attached hydrogens (primary N) is 1. The van der Waals surface area contributed by atoms with E-state index < -0.39 is 0 Å². The second-order valence-electron chi connectivity index (χ2n) is 6.24. The van der Waals surface area contributed by atoms with Crippen LogP contribution >= 0.6 is 24.0 Å². The second-order valence-corrected chi connectivity index (χ2v) is 6.24. The Balaban J connectivity index is 0.00000312. The van der Waals surface area contributed by atoms with E-state index in [9.17, 15) is 0 Å². The van der Waals surface area contributed by atoms with Crippen molar-refractivity contribution >= 4 is 35.6 Å². The van der Waals surface area contributed by atoms with E-state index in [4.69, 9.17) is 15.2 Å². The largest absolute Gasteiger partial charge is 0.491 e. The molecule has 2 rings (SSSR count). The number of ether oxygens (including phenoxy) is 2. The predicted octanol–water partition coefficient (Wildman–Crippen LogP) is 2.93. The van der Waals surface area contributed by atoms with Crippen LogP contribution in [0.5, 0.6) is 5.75 Å². The Morgan fingerprint density at radius 1 is 1.24 bits per heavy atom. The lowest BCUT2D eigenvalue weighted by atomic mass is 10.3. The molecular formula is C18H31IN4O2. The average molecular weight is 462 g/mol. The van der Waals surface area contributed by atoms with Crippen molar-refractivity contribution in [1.82, 2.24) is 4.90 Å². The van der Waals surface area contributed by atoms with Gasteiger partial charge in [-0.1, -0.05) is 0 Å². The summed E-state index contributed by atoms with van der Waals surface area (Å²) in [6.45, 7) is 9.69. The molecule has 1 aromatic carbocycles. The van der Waals surface area contributed by atoms with Gasteiger partial charge in [-0.05, 0) is 57.5 Å². The number of guanidine groups is 1. The number of benzene rings is 1.